The van der Waals surface area contributed by atoms with Gasteiger partial charge in [0.05, 0.1) is 18.8 Å². The molecule has 35 heavy (non-hydrogen) atoms. The molecule has 200 valence electrons. The van der Waals surface area contributed by atoms with Crippen LogP contribution in [0.15, 0.2) is 15.8 Å². The maximum absolute atomic E-state index is 13.2. The number of carbonyl (C=O) groups is 1. The lowest BCUT2D eigenvalue weighted by Gasteiger charge is -2.39. The van der Waals surface area contributed by atoms with Gasteiger partial charge >= 0.3 is 11.7 Å². The van der Waals surface area contributed by atoms with Crippen LogP contribution in [0.5, 0.6) is 0 Å². The van der Waals surface area contributed by atoms with Gasteiger partial charge in [0.1, 0.15) is 6.54 Å². The summed E-state index contributed by atoms with van der Waals surface area (Å²) < 4.78 is 21.5. The second-order valence-electron chi connectivity index (χ2n) is 12.7. The molecule has 0 aliphatic carbocycles. The monoisotopic (exact) mass is 528 g/mol. The van der Waals surface area contributed by atoms with Gasteiger partial charge in [-0.2, -0.15) is 0 Å². The van der Waals surface area contributed by atoms with Gasteiger partial charge in [0.15, 0.2) is 22.9 Å². The van der Waals surface area contributed by atoms with E-state index in [-0.39, 0.29) is 21.7 Å². The van der Waals surface area contributed by atoms with Gasteiger partial charge in [-0.25, -0.2) is 9.36 Å². The van der Waals surface area contributed by atoms with Gasteiger partial charge in [-0.05, 0) is 43.2 Å². The van der Waals surface area contributed by atoms with E-state index in [1.807, 2.05) is 0 Å². The standard InChI is InChI=1S/C24H44N2O7Si2/c1-16-13-26(22(30)25(20(16)29)14-19(27)28)21-18(33-35(10,11)24(5,6)7)12-17(32-21)15-31-34(8,9)23(2,3)4/h13,17-18,21H,12,14-15H2,1-11H3,(H,27,28)/t17-,18+,21+/m0/s1. The van der Waals surface area contributed by atoms with Crippen LogP contribution in [0.25, 0.3) is 0 Å². The summed E-state index contributed by atoms with van der Waals surface area (Å²) in [6.07, 6.45) is 0.471. The number of carboxylic acid groups (broad SMARTS) is 1. The summed E-state index contributed by atoms with van der Waals surface area (Å²) in [4.78, 5) is 37.1. The predicted molar refractivity (Wildman–Crippen MR) is 141 cm³/mol. The average molecular weight is 529 g/mol. The molecule has 11 heteroatoms. The van der Waals surface area contributed by atoms with Gasteiger partial charge in [-0.3, -0.25) is 14.2 Å². The van der Waals surface area contributed by atoms with Crippen LogP contribution in [0, 0.1) is 6.92 Å². The fraction of sp³-hybridized carbons (Fsp3) is 0.792. The van der Waals surface area contributed by atoms with Gasteiger partial charge in [-0.15, -0.1) is 0 Å². The number of carboxylic acids is 1. The Balaban J connectivity index is 2.48. The molecule has 2 heterocycles. The quantitative estimate of drug-likeness (QED) is 0.506. The Morgan fingerprint density at radius 1 is 1.09 bits per heavy atom. The molecule has 3 atom stereocenters. The number of nitrogens with zero attached hydrogens (tertiary/aromatic N) is 2. The average Bonchev–Trinajstić information content (AvgIpc) is 3.06. The zero-order chi connectivity index (χ0) is 27.1. The van der Waals surface area contributed by atoms with Crippen LogP contribution >= 0.6 is 0 Å². The van der Waals surface area contributed by atoms with E-state index in [1.54, 1.807) is 6.92 Å². The first-order valence-corrected chi connectivity index (χ1v) is 18.0. The minimum atomic E-state index is -2.24. The van der Waals surface area contributed by atoms with Crippen molar-refractivity contribution in [2.75, 3.05) is 6.61 Å². The molecule has 0 bridgehead atoms. The lowest BCUT2D eigenvalue weighted by Crippen LogP contribution is -2.48. The van der Waals surface area contributed by atoms with E-state index in [9.17, 15) is 19.5 Å². The fourth-order valence-corrected chi connectivity index (χ4v) is 5.82. The van der Waals surface area contributed by atoms with Gasteiger partial charge < -0.3 is 18.7 Å². The Kier molecular flexibility index (Phi) is 8.55. The van der Waals surface area contributed by atoms with Crippen LogP contribution in [0.1, 0.15) is 59.8 Å². The van der Waals surface area contributed by atoms with Gasteiger partial charge in [-0.1, -0.05) is 41.5 Å². The molecule has 0 aromatic carbocycles. The molecule has 1 fully saturated rings. The molecule has 0 saturated carbocycles. The molecule has 1 aliphatic heterocycles. The molecule has 1 aromatic rings. The largest absolute Gasteiger partial charge is 0.480 e. The van der Waals surface area contributed by atoms with Crippen LogP contribution < -0.4 is 11.2 Å². The third-order valence-electron chi connectivity index (χ3n) is 7.77. The Hall–Kier alpha value is -1.54. The van der Waals surface area contributed by atoms with Crippen molar-refractivity contribution in [3.8, 4) is 0 Å². The summed E-state index contributed by atoms with van der Waals surface area (Å²) in [7, 11) is -4.25. The summed E-state index contributed by atoms with van der Waals surface area (Å²) in [5.74, 6) is -1.26. The second kappa shape index (κ2) is 10.1. The van der Waals surface area contributed by atoms with E-state index in [0.29, 0.717) is 13.0 Å². The number of hydrogen-bond donors (Lipinski definition) is 1. The Labute approximate surface area is 210 Å². The molecule has 1 aliphatic rings. The number of hydrogen-bond acceptors (Lipinski definition) is 6. The number of aliphatic carboxylic acids is 1. The van der Waals surface area contributed by atoms with E-state index in [2.05, 4.69) is 67.7 Å². The molecule has 2 rings (SSSR count). The highest BCUT2D eigenvalue weighted by Gasteiger charge is 2.46. The van der Waals surface area contributed by atoms with E-state index in [4.69, 9.17) is 13.6 Å². The van der Waals surface area contributed by atoms with Crippen molar-refractivity contribution in [3.05, 3.63) is 32.6 Å². The normalized spacial score (nSPS) is 22.0. The molecule has 1 N–H and O–H groups in total. The second-order valence-corrected chi connectivity index (χ2v) is 22.2. The third kappa shape index (κ3) is 6.62. The molecule has 1 saturated heterocycles. The number of ether oxygens (including phenoxy) is 1. The lowest BCUT2D eigenvalue weighted by atomic mass is 10.2. The first kappa shape index (κ1) is 29.7. The predicted octanol–water partition coefficient (Wildman–Crippen LogP) is 4.10. The molecule has 0 amide bonds. The highest BCUT2D eigenvalue weighted by Crippen LogP contribution is 2.42. The first-order chi connectivity index (χ1) is 15.7. The lowest BCUT2D eigenvalue weighted by molar-refractivity contribution is -0.137. The molecule has 0 spiro atoms. The number of aromatic nitrogens is 2. The van der Waals surface area contributed by atoms with Crippen molar-refractivity contribution >= 4 is 22.6 Å². The number of aryl methyl sites for hydroxylation is 1. The van der Waals surface area contributed by atoms with E-state index in [1.165, 1.54) is 10.8 Å². The molecule has 0 radical (unpaired) electrons. The van der Waals surface area contributed by atoms with E-state index < -0.39 is 52.7 Å². The molecule has 1 aromatic heterocycles. The Morgan fingerprint density at radius 3 is 2.11 bits per heavy atom. The Morgan fingerprint density at radius 2 is 1.63 bits per heavy atom. The van der Waals surface area contributed by atoms with Crippen molar-refractivity contribution in [2.45, 2.75) is 116 Å². The van der Waals surface area contributed by atoms with Crippen molar-refractivity contribution in [2.24, 2.45) is 0 Å². The van der Waals surface area contributed by atoms with Crippen molar-refractivity contribution < 1.29 is 23.5 Å². The molecular weight excluding hydrogens is 484 g/mol. The van der Waals surface area contributed by atoms with Crippen molar-refractivity contribution in [3.63, 3.8) is 0 Å². The maximum atomic E-state index is 13.2. The fourth-order valence-electron chi connectivity index (χ4n) is 3.46. The minimum absolute atomic E-state index is 0.0441. The SMILES string of the molecule is Cc1cn([C@@H]2O[C@H](CO[Si](C)(C)C(C)(C)C)C[C@H]2O[Si](C)(C)C(C)(C)C)c(=O)n(CC(=O)O)c1=O. The molecule has 9 nitrogen and oxygen atoms in total. The van der Waals surface area contributed by atoms with Gasteiger partial charge in [0, 0.05) is 18.2 Å². The maximum Gasteiger partial charge on any atom is 0.333 e. The van der Waals surface area contributed by atoms with E-state index in [0.717, 1.165) is 4.57 Å². The van der Waals surface area contributed by atoms with Gasteiger partial charge in [0.2, 0.25) is 0 Å². The van der Waals surface area contributed by atoms with Crippen LogP contribution in [0.4, 0.5) is 0 Å². The third-order valence-corrected chi connectivity index (χ3v) is 16.8. The van der Waals surface area contributed by atoms with Crippen LogP contribution in [-0.4, -0.2) is 55.7 Å². The summed E-state index contributed by atoms with van der Waals surface area (Å²) in [6.45, 7) is 22.8. The topological polar surface area (TPSA) is 109 Å². The van der Waals surface area contributed by atoms with Crippen LogP contribution in [0.2, 0.25) is 36.3 Å². The first-order valence-electron chi connectivity index (χ1n) is 12.2. The smallest absolute Gasteiger partial charge is 0.333 e. The number of rotatable bonds is 8. The highest BCUT2D eigenvalue weighted by atomic mass is 28.4. The Bertz CT molecular complexity index is 1050. The van der Waals surface area contributed by atoms with Gasteiger partial charge in [0.25, 0.3) is 5.56 Å². The zero-order valence-corrected chi connectivity index (χ0v) is 25.2. The minimum Gasteiger partial charge on any atom is -0.480 e. The summed E-state index contributed by atoms with van der Waals surface area (Å²) in [5, 5.41) is 9.23. The summed E-state index contributed by atoms with van der Waals surface area (Å²) >= 11 is 0. The van der Waals surface area contributed by atoms with Crippen LogP contribution in [0.3, 0.4) is 0 Å². The van der Waals surface area contributed by atoms with E-state index >= 15 is 0 Å². The van der Waals surface area contributed by atoms with Crippen molar-refractivity contribution in [1.29, 1.82) is 0 Å². The summed E-state index contributed by atoms with van der Waals surface area (Å²) in [6, 6.07) is 0. The van der Waals surface area contributed by atoms with Crippen molar-refractivity contribution in [1.82, 2.24) is 9.13 Å². The summed E-state index contributed by atoms with van der Waals surface area (Å²) in [5.41, 5.74) is -1.07. The molecular formula is C24H44N2O7Si2. The van der Waals surface area contributed by atoms with Crippen LogP contribution in [-0.2, 0) is 24.9 Å². The molecule has 0 unspecified atom stereocenters. The zero-order valence-electron chi connectivity index (χ0n) is 23.2. The highest BCUT2D eigenvalue weighted by molar-refractivity contribution is 6.74.